The highest BCUT2D eigenvalue weighted by molar-refractivity contribution is 7.90. The molecule has 1 aromatic carbocycles. The molecule has 0 aromatic heterocycles. The Bertz CT molecular complexity index is 674. The number of hydrogen-bond donors (Lipinski definition) is 2. The van der Waals surface area contributed by atoms with E-state index in [4.69, 9.17) is 5.11 Å². The summed E-state index contributed by atoms with van der Waals surface area (Å²) < 4.78 is 35.5. The first-order valence-electron chi connectivity index (χ1n) is 6.18. The highest BCUT2D eigenvalue weighted by Crippen LogP contribution is 2.10. The normalized spacial score (nSPS) is 10.6. The van der Waals surface area contributed by atoms with Crippen molar-refractivity contribution >= 4 is 15.7 Å². The first kappa shape index (κ1) is 17.1. The van der Waals surface area contributed by atoms with Gasteiger partial charge in [0.2, 0.25) is 0 Å². The van der Waals surface area contributed by atoms with Crippen molar-refractivity contribution in [3.05, 3.63) is 35.1 Å². The summed E-state index contributed by atoms with van der Waals surface area (Å²) in [6, 6.07) is 3.83. The second-order valence-corrected chi connectivity index (χ2v) is 6.62. The predicted octanol–water partition coefficient (Wildman–Crippen LogP) is 0.334. The van der Waals surface area contributed by atoms with Crippen LogP contribution in [0.3, 0.4) is 0 Å². The number of hydrogen-bond acceptors (Lipinski definition) is 4. The molecule has 7 heteroatoms. The molecule has 114 valence electrons. The van der Waals surface area contributed by atoms with Crippen LogP contribution in [-0.2, 0) is 9.84 Å². The Balaban J connectivity index is 2.79. The van der Waals surface area contributed by atoms with E-state index >= 15 is 0 Å². The largest absolute Gasteiger partial charge is 0.395 e. The van der Waals surface area contributed by atoms with Crippen molar-refractivity contribution in [3.63, 3.8) is 0 Å². The smallest absolute Gasteiger partial charge is 0.254 e. The number of carbonyl (C=O) groups excluding carboxylic acids is 1. The maximum Gasteiger partial charge on any atom is 0.254 e. The van der Waals surface area contributed by atoms with Gasteiger partial charge >= 0.3 is 0 Å². The third-order valence-corrected chi connectivity index (χ3v) is 3.38. The zero-order valence-corrected chi connectivity index (χ0v) is 12.3. The fourth-order valence-corrected chi connectivity index (χ4v) is 1.92. The van der Waals surface area contributed by atoms with E-state index in [1.165, 1.54) is 12.1 Å². The molecule has 0 aliphatic rings. The minimum Gasteiger partial charge on any atom is -0.395 e. The van der Waals surface area contributed by atoms with Crippen molar-refractivity contribution in [1.82, 2.24) is 5.32 Å². The Kier molecular flexibility index (Phi) is 6.34. The lowest BCUT2D eigenvalue weighted by molar-refractivity contribution is 0.0952. The molecule has 0 atom stereocenters. The first-order chi connectivity index (χ1) is 9.83. The van der Waals surface area contributed by atoms with Crippen LogP contribution in [0.5, 0.6) is 0 Å². The van der Waals surface area contributed by atoms with Gasteiger partial charge in [0, 0.05) is 24.8 Å². The molecule has 0 bridgehead atoms. The molecule has 0 fully saturated rings. The number of aliphatic hydroxyl groups is 1. The van der Waals surface area contributed by atoms with Gasteiger partial charge in [0.1, 0.15) is 15.7 Å². The standard InChI is InChI=1S/C14H16FNO4S/c1-21(19,20)9-7-16-14(18)12-10-11(4-2-3-8-17)5-6-13(12)15/h5-6,10,17H,3,7-9H2,1H3,(H,16,18). The fraction of sp³-hybridized carbons (Fsp3) is 0.357. The molecule has 0 aliphatic heterocycles. The van der Waals surface area contributed by atoms with Crippen LogP contribution in [0.4, 0.5) is 4.39 Å². The molecular weight excluding hydrogens is 297 g/mol. The Morgan fingerprint density at radius 2 is 2.14 bits per heavy atom. The van der Waals surface area contributed by atoms with Crippen molar-refractivity contribution in [2.75, 3.05) is 25.2 Å². The number of nitrogens with one attached hydrogen (secondary N) is 1. The Morgan fingerprint density at radius 3 is 2.76 bits per heavy atom. The van der Waals surface area contributed by atoms with Gasteiger partial charge in [-0.1, -0.05) is 11.8 Å². The zero-order valence-electron chi connectivity index (χ0n) is 11.5. The molecule has 0 spiro atoms. The topological polar surface area (TPSA) is 83.5 Å². The zero-order chi connectivity index (χ0) is 15.9. The van der Waals surface area contributed by atoms with E-state index in [1.54, 1.807) is 0 Å². The van der Waals surface area contributed by atoms with E-state index in [9.17, 15) is 17.6 Å². The molecule has 2 N–H and O–H groups in total. The summed E-state index contributed by atoms with van der Waals surface area (Å²) in [5.41, 5.74) is 0.248. The lowest BCUT2D eigenvalue weighted by atomic mass is 10.1. The highest BCUT2D eigenvalue weighted by Gasteiger charge is 2.12. The molecule has 0 heterocycles. The lowest BCUT2D eigenvalue weighted by Gasteiger charge is -2.06. The maximum atomic E-state index is 13.6. The summed E-state index contributed by atoms with van der Waals surface area (Å²) in [4.78, 5) is 11.8. The summed E-state index contributed by atoms with van der Waals surface area (Å²) in [6.45, 7) is -0.162. The molecule has 0 aliphatic carbocycles. The number of rotatable bonds is 5. The highest BCUT2D eigenvalue weighted by atomic mass is 32.2. The second-order valence-electron chi connectivity index (χ2n) is 4.36. The van der Waals surface area contributed by atoms with E-state index in [2.05, 4.69) is 17.2 Å². The lowest BCUT2D eigenvalue weighted by Crippen LogP contribution is -2.29. The van der Waals surface area contributed by atoms with Crippen LogP contribution in [0.25, 0.3) is 0 Å². The molecule has 21 heavy (non-hydrogen) atoms. The molecule has 0 radical (unpaired) electrons. The number of carbonyl (C=O) groups is 1. The fourth-order valence-electron chi connectivity index (χ4n) is 1.44. The first-order valence-corrected chi connectivity index (χ1v) is 8.25. The van der Waals surface area contributed by atoms with E-state index in [1.807, 2.05) is 0 Å². The Labute approximate surface area is 123 Å². The molecule has 1 rings (SSSR count). The number of aliphatic hydroxyl groups excluding tert-OH is 1. The predicted molar refractivity (Wildman–Crippen MR) is 77.0 cm³/mol. The average Bonchev–Trinajstić information content (AvgIpc) is 2.39. The number of halogens is 1. The van der Waals surface area contributed by atoms with Crippen LogP contribution in [0.15, 0.2) is 18.2 Å². The molecule has 1 amide bonds. The molecular formula is C14H16FNO4S. The van der Waals surface area contributed by atoms with Crippen molar-refractivity contribution in [1.29, 1.82) is 0 Å². The summed E-state index contributed by atoms with van der Waals surface area (Å²) in [5.74, 6) is 3.75. The number of sulfone groups is 1. The molecule has 0 saturated heterocycles. The Morgan fingerprint density at radius 1 is 1.43 bits per heavy atom. The van der Waals surface area contributed by atoms with Crippen LogP contribution in [0.1, 0.15) is 22.3 Å². The summed E-state index contributed by atoms with van der Waals surface area (Å²) in [5, 5.41) is 11.0. The number of benzene rings is 1. The average molecular weight is 313 g/mol. The Hall–Kier alpha value is -1.91. The van der Waals surface area contributed by atoms with E-state index < -0.39 is 21.6 Å². The summed E-state index contributed by atoms with van der Waals surface area (Å²) in [7, 11) is -3.19. The second kappa shape index (κ2) is 7.76. The van der Waals surface area contributed by atoms with Gasteiger partial charge in [0.25, 0.3) is 5.91 Å². The van der Waals surface area contributed by atoms with Crippen LogP contribution in [0, 0.1) is 17.7 Å². The third-order valence-electron chi connectivity index (χ3n) is 2.44. The van der Waals surface area contributed by atoms with Crippen molar-refractivity contribution in [3.8, 4) is 11.8 Å². The van der Waals surface area contributed by atoms with Gasteiger partial charge in [-0.3, -0.25) is 4.79 Å². The van der Waals surface area contributed by atoms with E-state index in [-0.39, 0.29) is 30.9 Å². The van der Waals surface area contributed by atoms with Gasteiger partial charge < -0.3 is 10.4 Å². The minimum atomic E-state index is -3.19. The van der Waals surface area contributed by atoms with Crippen LogP contribution < -0.4 is 5.32 Å². The van der Waals surface area contributed by atoms with Crippen molar-refractivity contribution in [2.45, 2.75) is 6.42 Å². The van der Waals surface area contributed by atoms with Gasteiger partial charge in [0.15, 0.2) is 0 Å². The van der Waals surface area contributed by atoms with Crippen LogP contribution in [-0.4, -0.2) is 44.6 Å². The van der Waals surface area contributed by atoms with Gasteiger partial charge in [-0.15, -0.1) is 0 Å². The SMILES string of the molecule is CS(=O)(=O)CCNC(=O)c1cc(C#CCCO)ccc1F. The van der Waals surface area contributed by atoms with E-state index in [0.29, 0.717) is 5.56 Å². The molecule has 0 unspecified atom stereocenters. The summed E-state index contributed by atoms with van der Waals surface area (Å²) in [6.07, 6.45) is 1.34. The molecule has 5 nitrogen and oxygen atoms in total. The number of amides is 1. The summed E-state index contributed by atoms with van der Waals surface area (Å²) >= 11 is 0. The van der Waals surface area contributed by atoms with Crippen LogP contribution >= 0.6 is 0 Å². The van der Waals surface area contributed by atoms with Gasteiger partial charge in [0.05, 0.1) is 17.9 Å². The molecule has 1 aromatic rings. The van der Waals surface area contributed by atoms with Crippen molar-refractivity contribution < 1.29 is 22.7 Å². The van der Waals surface area contributed by atoms with Gasteiger partial charge in [-0.25, -0.2) is 12.8 Å². The minimum absolute atomic E-state index is 0.0764. The molecule has 0 saturated carbocycles. The quantitative estimate of drug-likeness (QED) is 0.768. The monoisotopic (exact) mass is 313 g/mol. The van der Waals surface area contributed by atoms with Gasteiger partial charge in [-0.2, -0.15) is 0 Å². The van der Waals surface area contributed by atoms with Crippen molar-refractivity contribution in [2.24, 2.45) is 0 Å². The van der Waals surface area contributed by atoms with E-state index in [0.717, 1.165) is 12.3 Å². The third kappa shape index (κ3) is 6.38. The van der Waals surface area contributed by atoms with Gasteiger partial charge in [-0.05, 0) is 18.2 Å². The maximum absolute atomic E-state index is 13.6. The van der Waals surface area contributed by atoms with Crippen LogP contribution in [0.2, 0.25) is 0 Å².